The van der Waals surface area contributed by atoms with Crippen LogP contribution < -0.4 is 0 Å². The maximum absolute atomic E-state index is 10.9. The highest BCUT2D eigenvalue weighted by molar-refractivity contribution is 7.09. The molecule has 27 heavy (non-hydrogen) atoms. The van der Waals surface area contributed by atoms with E-state index < -0.39 is 6.10 Å². The summed E-state index contributed by atoms with van der Waals surface area (Å²) in [6.07, 6.45) is 4.88. The Bertz CT molecular complexity index is 875. The summed E-state index contributed by atoms with van der Waals surface area (Å²) in [5.74, 6) is 0.583. The average molecular weight is 381 g/mol. The van der Waals surface area contributed by atoms with Gasteiger partial charge in [0.15, 0.2) is 0 Å². The molecule has 3 atom stereocenters. The van der Waals surface area contributed by atoms with E-state index in [4.69, 9.17) is 0 Å². The Morgan fingerprint density at radius 2 is 1.96 bits per heavy atom. The third-order valence-electron chi connectivity index (χ3n) is 5.76. The summed E-state index contributed by atoms with van der Waals surface area (Å²) in [5, 5.41) is 21.8. The summed E-state index contributed by atoms with van der Waals surface area (Å²) < 4.78 is 1.91. The molecule has 0 radical (unpaired) electrons. The summed E-state index contributed by atoms with van der Waals surface area (Å²) in [7, 11) is 0. The summed E-state index contributed by atoms with van der Waals surface area (Å²) in [6, 6.07) is 15.1. The number of aromatic nitrogens is 3. The molecule has 3 heterocycles. The van der Waals surface area contributed by atoms with E-state index in [1.54, 1.807) is 11.3 Å². The Labute approximate surface area is 163 Å². The number of hydrogen-bond acceptors (Lipinski definition) is 5. The van der Waals surface area contributed by atoms with E-state index in [1.807, 2.05) is 4.68 Å². The number of thiophene rings is 1. The highest BCUT2D eigenvalue weighted by Gasteiger charge is 2.38. The van der Waals surface area contributed by atoms with Crippen LogP contribution in [0.4, 0.5) is 0 Å². The molecule has 0 bridgehead atoms. The van der Waals surface area contributed by atoms with Crippen LogP contribution in [0.3, 0.4) is 0 Å². The van der Waals surface area contributed by atoms with Crippen molar-refractivity contribution in [2.45, 2.75) is 49.9 Å². The zero-order valence-electron chi connectivity index (χ0n) is 15.2. The second-order valence-corrected chi connectivity index (χ2v) is 8.74. The number of aliphatic hydroxyl groups is 1. The Hall–Kier alpha value is -2.02. The van der Waals surface area contributed by atoms with Gasteiger partial charge in [0.25, 0.3) is 0 Å². The van der Waals surface area contributed by atoms with Crippen LogP contribution in [0.15, 0.2) is 54.0 Å². The lowest BCUT2D eigenvalue weighted by molar-refractivity contribution is -0.0131. The summed E-state index contributed by atoms with van der Waals surface area (Å²) in [5.41, 5.74) is 2.38. The van der Waals surface area contributed by atoms with Gasteiger partial charge in [-0.3, -0.25) is 4.90 Å². The lowest BCUT2D eigenvalue weighted by atomic mass is 9.90. The largest absolute Gasteiger partial charge is 0.390 e. The molecule has 5 nitrogen and oxygen atoms in total. The monoisotopic (exact) mass is 380 g/mol. The van der Waals surface area contributed by atoms with E-state index in [9.17, 15) is 5.11 Å². The topological polar surface area (TPSA) is 54.2 Å². The number of nitrogens with zero attached hydrogens (tertiary/aromatic N) is 4. The van der Waals surface area contributed by atoms with Crippen molar-refractivity contribution in [2.75, 3.05) is 6.54 Å². The number of β-amino-alcohol motifs (C(OH)–C–C–N with tert-alkyl or cyclic N) is 1. The van der Waals surface area contributed by atoms with Gasteiger partial charge < -0.3 is 5.11 Å². The normalized spacial score (nSPS) is 26.3. The Balaban J connectivity index is 1.42. The Kier molecular flexibility index (Phi) is 4.55. The van der Waals surface area contributed by atoms with Crippen molar-refractivity contribution in [3.63, 3.8) is 0 Å². The fourth-order valence-corrected chi connectivity index (χ4v) is 4.86. The second kappa shape index (κ2) is 7.19. The van der Waals surface area contributed by atoms with Gasteiger partial charge in [0.2, 0.25) is 0 Å². The lowest BCUT2D eigenvalue weighted by Gasteiger charge is -2.42. The van der Waals surface area contributed by atoms with Crippen LogP contribution in [-0.4, -0.2) is 37.6 Å². The number of likely N-dealkylation sites (tertiary alicyclic amines) is 1. The Morgan fingerprint density at radius 3 is 2.70 bits per heavy atom. The maximum Gasteiger partial charge on any atom is 0.0892 e. The zero-order valence-corrected chi connectivity index (χ0v) is 16.0. The van der Waals surface area contributed by atoms with Crippen molar-refractivity contribution >= 4 is 11.3 Å². The molecule has 1 aliphatic heterocycles. The first-order valence-corrected chi connectivity index (χ1v) is 10.6. The van der Waals surface area contributed by atoms with Gasteiger partial charge >= 0.3 is 0 Å². The van der Waals surface area contributed by atoms with Crippen molar-refractivity contribution in [3.8, 4) is 0 Å². The van der Waals surface area contributed by atoms with Gasteiger partial charge in [-0.25, -0.2) is 4.68 Å². The summed E-state index contributed by atoms with van der Waals surface area (Å²) in [4.78, 5) is 3.74. The van der Waals surface area contributed by atoms with Gasteiger partial charge in [0.05, 0.1) is 17.8 Å². The molecular weight excluding hydrogens is 356 g/mol. The first-order valence-electron chi connectivity index (χ1n) is 9.69. The number of benzene rings is 1. The van der Waals surface area contributed by atoms with Gasteiger partial charge in [-0.1, -0.05) is 41.6 Å². The van der Waals surface area contributed by atoms with E-state index in [-0.39, 0.29) is 12.1 Å². The van der Waals surface area contributed by atoms with Crippen LogP contribution in [0.25, 0.3) is 0 Å². The minimum atomic E-state index is -0.446. The van der Waals surface area contributed by atoms with Crippen molar-refractivity contribution in [1.29, 1.82) is 0 Å². The van der Waals surface area contributed by atoms with E-state index in [2.05, 4.69) is 69.3 Å². The lowest BCUT2D eigenvalue weighted by Crippen LogP contribution is -2.46. The molecule has 0 amide bonds. The molecule has 6 heteroatoms. The molecule has 2 fully saturated rings. The zero-order chi connectivity index (χ0) is 18.2. The molecule has 2 aromatic heterocycles. The smallest absolute Gasteiger partial charge is 0.0892 e. The van der Waals surface area contributed by atoms with E-state index >= 15 is 0 Å². The first kappa shape index (κ1) is 17.1. The molecule has 1 saturated carbocycles. The van der Waals surface area contributed by atoms with Crippen molar-refractivity contribution < 1.29 is 5.11 Å². The fraction of sp³-hybridized carbons (Fsp3) is 0.429. The minimum absolute atomic E-state index is 0.0326. The van der Waals surface area contributed by atoms with Crippen LogP contribution in [0.5, 0.6) is 0 Å². The van der Waals surface area contributed by atoms with Crippen molar-refractivity contribution in [3.05, 3.63) is 70.2 Å². The number of rotatable bonds is 5. The van der Waals surface area contributed by atoms with E-state index in [0.29, 0.717) is 12.5 Å². The molecule has 1 aliphatic carbocycles. The molecule has 3 aromatic rings. The molecule has 1 saturated heterocycles. The molecular formula is C21H24N4OS. The van der Waals surface area contributed by atoms with E-state index in [0.717, 1.165) is 18.7 Å². The fourth-order valence-electron chi connectivity index (χ4n) is 4.13. The standard InChI is InChI=1S/C21H24N4OS/c26-21-14-24(12-17-7-4-10-27-17)19(16-5-2-1-3-6-16)11-20(21)25-13-18(22-23-25)15-8-9-15/h1-7,10,13,15,19-21,26H,8-9,11-12,14H2/t19-,20+,21+/m1/s1. The average Bonchev–Trinajstić information content (AvgIpc) is 3.20. The quantitative estimate of drug-likeness (QED) is 0.732. The highest BCUT2D eigenvalue weighted by Crippen LogP contribution is 2.41. The van der Waals surface area contributed by atoms with Crippen LogP contribution in [0.1, 0.15) is 53.4 Å². The Morgan fingerprint density at radius 1 is 1.11 bits per heavy atom. The molecule has 2 aliphatic rings. The maximum atomic E-state index is 10.9. The van der Waals surface area contributed by atoms with Gasteiger partial charge in [0, 0.05) is 36.1 Å². The van der Waals surface area contributed by atoms with E-state index in [1.165, 1.54) is 23.3 Å². The van der Waals surface area contributed by atoms with Crippen LogP contribution in [0, 0.1) is 0 Å². The van der Waals surface area contributed by atoms with Crippen molar-refractivity contribution in [2.24, 2.45) is 0 Å². The molecule has 1 N–H and O–H groups in total. The highest BCUT2D eigenvalue weighted by atomic mass is 32.1. The molecule has 1 aromatic carbocycles. The third-order valence-corrected chi connectivity index (χ3v) is 6.62. The van der Waals surface area contributed by atoms with Crippen LogP contribution >= 0.6 is 11.3 Å². The first-order chi connectivity index (χ1) is 13.3. The number of piperidine rings is 1. The third kappa shape index (κ3) is 3.57. The predicted octanol–water partition coefficient (Wildman–Crippen LogP) is 3.77. The number of hydrogen-bond donors (Lipinski definition) is 1. The van der Waals surface area contributed by atoms with Gasteiger partial charge in [-0.05, 0) is 36.3 Å². The molecule has 0 unspecified atom stereocenters. The SMILES string of the molecule is O[C@H]1CN(Cc2cccs2)[C@@H](c2ccccc2)C[C@@H]1n1cc(C2CC2)nn1. The van der Waals surface area contributed by atoms with Crippen LogP contribution in [-0.2, 0) is 6.54 Å². The van der Waals surface area contributed by atoms with Gasteiger partial charge in [0.1, 0.15) is 0 Å². The second-order valence-electron chi connectivity index (χ2n) is 7.70. The van der Waals surface area contributed by atoms with Crippen LogP contribution in [0.2, 0.25) is 0 Å². The minimum Gasteiger partial charge on any atom is -0.390 e. The van der Waals surface area contributed by atoms with Crippen molar-refractivity contribution in [1.82, 2.24) is 19.9 Å². The summed E-state index contributed by atoms with van der Waals surface area (Å²) >= 11 is 1.77. The molecule has 5 rings (SSSR count). The molecule has 0 spiro atoms. The van der Waals surface area contributed by atoms with Gasteiger partial charge in [-0.2, -0.15) is 0 Å². The predicted molar refractivity (Wildman–Crippen MR) is 106 cm³/mol. The van der Waals surface area contributed by atoms with Gasteiger partial charge in [-0.15, -0.1) is 16.4 Å². The molecule has 140 valence electrons. The number of aliphatic hydroxyl groups excluding tert-OH is 1. The summed E-state index contributed by atoms with van der Waals surface area (Å²) in [6.45, 7) is 1.51.